The molecule has 7 heteroatoms. The highest BCUT2D eigenvalue weighted by Crippen LogP contribution is 2.39. The molecule has 80 valence electrons. The Balaban J connectivity index is 2.68. The fraction of sp³-hybridized carbons (Fsp3) is 0.125. The average molecular weight is 312 g/mol. The van der Waals surface area contributed by atoms with E-state index in [1.54, 1.807) is 0 Å². The summed E-state index contributed by atoms with van der Waals surface area (Å²) in [5.41, 5.74) is 0.455. The van der Waals surface area contributed by atoms with Crippen molar-refractivity contribution in [2.24, 2.45) is 0 Å². The minimum atomic E-state index is -1.07. The highest BCUT2D eigenvalue weighted by atomic mass is 79.9. The maximum Gasteiger partial charge on any atom is 0.173 e. The van der Waals surface area contributed by atoms with Gasteiger partial charge in [-0.2, -0.15) is 0 Å². The molecular formula is C8H5BrClFN2OS. The number of hydrogen-bond acceptors (Lipinski definition) is 2. The monoisotopic (exact) mass is 310 g/mol. The maximum atomic E-state index is 13.5. The molecule has 1 aliphatic heterocycles. The molecule has 0 spiro atoms. The largest absolute Gasteiger partial charge is 0.369 e. The third-order valence-electron chi connectivity index (χ3n) is 1.99. The van der Waals surface area contributed by atoms with Crippen LogP contribution in [0.25, 0.3) is 0 Å². The van der Waals surface area contributed by atoms with Gasteiger partial charge in [0.1, 0.15) is 5.82 Å². The molecule has 3 N–H and O–H groups in total. The Bertz CT molecular complexity index is 457. The van der Waals surface area contributed by atoms with Crippen LogP contribution in [0.15, 0.2) is 10.5 Å². The first-order valence-corrected chi connectivity index (χ1v) is 5.51. The first-order chi connectivity index (χ1) is 7.00. The van der Waals surface area contributed by atoms with E-state index in [1.807, 2.05) is 0 Å². The number of halogens is 3. The van der Waals surface area contributed by atoms with Crippen LogP contribution in [0.1, 0.15) is 11.8 Å². The Labute approximate surface area is 104 Å². The van der Waals surface area contributed by atoms with E-state index in [2.05, 4.69) is 26.6 Å². The third-order valence-corrected chi connectivity index (χ3v) is 3.59. The lowest BCUT2D eigenvalue weighted by Gasteiger charge is -2.27. The van der Waals surface area contributed by atoms with Crippen LogP contribution in [0.3, 0.4) is 0 Å². The lowest BCUT2D eigenvalue weighted by atomic mass is 10.1. The summed E-state index contributed by atoms with van der Waals surface area (Å²) in [6, 6.07) is 1.15. The number of aliphatic hydroxyl groups excluding tert-OH is 1. The Morgan fingerprint density at radius 3 is 2.93 bits per heavy atom. The van der Waals surface area contributed by atoms with Crippen molar-refractivity contribution >= 4 is 50.5 Å². The van der Waals surface area contributed by atoms with Crippen molar-refractivity contribution < 1.29 is 9.50 Å². The van der Waals surface area contributed by atoms with E-state index in [0.717, 1.165) is 6.07 Å². The van der Waals surface area contributed by atoms with Gasteiger partial charge in [0, 0.05) is 10.0 Å². The topological polar surface area (TPSA) is 44.3 Å². The van der Waals surface area contributed by atoms with Gasteiger partial charge in [-0.3, -0.25) is 0 Å². The Morgan fingerprint density at radius 2 is 2.27 bits per heavy atom. The number of hydrogen-bond donors (Lipinski definition) is 3. The Hall–Kier alpha value is -0.430. The van der Waals surface area contributed by atoms with Crippen LogP contribution in [0.2, 0.25) is 5.02 Å². The SMILES string of the molecule is OC1NC(=S)Nc2c(F)cc(Cl)c(Br)c21. The van der Waals surface area contributed by atoms with Crippen LogP contribution in [0, 0.1) is 5.82 Å². The van der Waals surface area contributed by atoms with E-state index >= 15 is 0 Å². The van der Waals surface area contributed by atoms with Crippen molar-refractivity contribution in [1.82, 2.24) is 5.32 Å². The van der Waals surface area contributed by atoms with Crippen molar-refractivity contribution in [2.45, 2.75) is 6.23 Å². The zero-order chi connectivity index (χ0) is 11.2. The minimum Gasteiger partial charge on any atom is -0.369 e. The predicted octanol–water partition coefficient (Wildman–Crippen LogP) is 2.53. The zero-order valence-electron chi connectivity index (χ0n) is 7.14. The van der Waals surface area contributed by atoms with E-state index in [1.165, 1.54) is 0 Å². The molecule has 0 saturated carbocycles. The summed E-state index contributed by atoms with van der Waals surface area (Å²) in [6.45, 7) is 0. The Kier molecular flexibility index (Phi) is 2.85. The number of aliphatic hydroxyl groups is 1. The molecule has 2 rings (SSSR count). The smallest absolute Gasteiger partial charge is 0.173 e. The van der Waals surface area contributed by atoms with Crippen LogP contribution < -0.4 is 10.6 Å². The zero-order valence-corrected chi connectivity index (χ0v) is 10.3. The molecule has 0 saturated heterocycles. The second kappa shape index (κ2) is 3.86. The first-order valence-electron chi connectivity index (χ1n) is 3.93. The van der Waals surface area contributed by atoms with Crippen LogP contribution in [-0.4, -0.2) is 10.2 Å². The lowest BCUT2D eigenvalue weighted by molar-refractivity contribution is 0.161. The molecule has 1 unspecified atom stereocenters. The van der Waals surface area contributed by atoms with Gasteiger partial charge in [0.25, 0.3) is 0 Å². The van der Waals surface area contributed by atoms with Crippen molar-refractivity contribution in [3.8, 4) is 0 Å². The van der Waals surface area contributed by atoms with Gasteiger partial charge in [0.05, 0.1) is 10.7 Å². The van der Waals surface area contributed by atoms with Crippen molar-refractivity contribution in [3.05, 3.63) is 26.9 Å². The van der Waals surface area contributed by atoms with Gasteiger partial charge < -0.3 is 15.7 Å². The molecular weight excluding hydrogens is 307 g/mol. The standard InChI is InChI=1S/C8H5BrClFN2OS/c9-5-2(10)1-3(11)6-4(5)7(14)13-8(15)12-6/h1,7,14H,(H2,12,13,15). The summed E-state index contributed by atoms with van der Waals surface area (Å²) in [6.07, 6.45) is -1.07. The highest BCUT2D eigenvalue weighted by Gasteiger charge is 2.27. The number of benzene rings is 1. The van der Waals surface area contributed by atoms with Crippen molar-refractivity contribution in [1.29, 1.82) is 0 Å². The Morgan fingerprint density at radius 1 is 1.60 bits per heavy atom. The minimum absolute atomic E-state index is 0.141. The van der Waals surface area contributed by atoms with Crippen molar-refractivity contribution in [3.63, 3.8) is 0 Å². The van der Waals surface area contributed by atoms with Crippen LogP contribution in [-0.2, 0) is 0 Å². The van der Waals surface area contributed by atoms with Gasteiger partial charge in [-0.25, -0.2) is 4.39 Å². The summed E-state index contributed by atoms with van der Waals surface area (Å²) >= 11 is 13.7. The number of anilines is 1. The molecule has 1 aromatic carbocycles. The van der Waals surface area contributed by atoms with E-state index in [9.17, 15) is 9.50 Å². The summed E-state index contributed by atoms with van der Waals surface area (Å²) in [5, 5.41) is 15.2. The molecule has 1 aromatic rings. The van der Waals surface area contributed by atoms with Crippen LogP contribution in [0.4, 0.5) is 10.1 Å². The summed E-state index contributed by atoms with van der Waals surface area (Å²) in [4.78, 5) is 0. The molecule has 15 heavy (non-hydrogen) atoms. The summed E-state index contributed by atoms with van der Waals surface area (Å²) in [7, 11) is 0. The number of fused-ring (bicyclic) bond motifs is 1. The van der Waals surface area contributed by atoms with E-state index in [4.69, 9.17) is 23.8 Å². The first kappa shape index (κ1) is 11.1. The molecule has 0 aliphatic carbocycles. The molecule has 3 nitrogen and oxygen atoms in total. The van der Waals surface area contributed by atoms with Gasteiger partial charge >= 0.3 is 0 Å². The normalized spacial score (nSPS) is 19.2. The second-order valence-corrected chi connectivity index (χ2v) is 4.55. The third kappa shape index (κ3) is 1.82. The number of thiocarbonyl (C=S) groups is 1. The molecule has 1 heterocycles. The summed E-state index contributed by atoms with van der Waals surface area (Å²) in [5.74, 6) is -0.555. The van der Waals surface area contributed by atoms with Crippen LogP contribution >= 0.6 is 39.7 Å². The number of nitrogens with one attached hydrogen (secondary N) is 2. The molecule has 1 aliphatic rings. The molecule has 0 bridgehead atoms. The molecule has 0 fully saturated rings. The maximum absolute atomic E-state index is 13.5. The second-order valence-electron chi connectivity index (χ2n) is 2.94. The van der Waals surface area contributed by atoms with E-state index < -0.39 is 12.0 Å². The van der Waals surface area contributed by atoms with Crippen molar-refractivity contribution in [2.75, 3.05) is 5.32 Å². The van der Waals surface area contributed by atoms with E-state index in [0.29, 0.717) is 10.0 Å². The number of rotatable bonds is 0. The van der Waals surface area contributed by atoms with Gasteiger partial charge in [0.15, 0.2) is 11.3 Å². The fourth-order valence-electron chi connectivity index (χ4n) is 1.34. The van der Waals surface area contributed by atoms with Gasteiger partial charge in [-0.05, 0) is 34.2 Å². The quantitative estimate of drug-likeness (QED) is 0.509. The highest BCUT2D eigenvalue weighted by molar-refractivity contribution is 9.10. The molecule has 1 atom stereocenters. The molecule has 0 aromatic heterocycles. The van der Waals surface area contributed by atoms with Gasteiger partial charge in [-0.1, -0.05) is 11.6 Å². The van der Waals surface area contributed by atoms with Gasteiger partial charge in [-0.15, -0.1) is 0 Å². The molecule has 0 radical (unpaired) electrons. The summed E-state index contributed by atoms with van der Waals surface area (Å²) < 4.78 is 13.9. The van der Waals surface area contributed by atoms with Crippen LogP contribution in [0.5, 0.6) is 0 Å². The average Bonchev–Trinajstić information content (AvgIpc) is 2.13. The van der Waals surface area contributed by atoms with E-state index in [-0.39, 0.29) is 15.8 Å². The fourth-order valence-corrected chi connectivity index (χ4v) is 2.28. The van der Waals surface area contributed by atoms with Gasteiger partial charge in [0.2, 0.25) is 0 Å². The predicted molar refractivity (Wildman–Crippen MR) is 63.4 cm³/mol. The molecule has 0 amide bonds. The lowest BCUT2D eigenvalue weighted by Crippen LogP contribution is -2.38.